The standard InChI is InChI=1S/C22H20Cl3NO3/c1-27-20-8-7-17(11-18(20)24)26-12-15-9-19(25)22(21(10-15)28-2)29-13-14-3-5-16(23)6-4-14/h3-11,26H,12-13H2,1-2H3. The molecule has 3 rings (SSSR count). The van der Waals surface area contributed by atoms with Gasteiger partial charge in [0.05, 0.1) is 24.3 Å². The Balaban J connectivity index is 1.70. The van der Waals surface area contributed by atoms with Crippen LogP contribution < -0.4 is 19.5 Å². The van der Waals surface area contributed by atoms with Gasteiger partial charge in [0.25, 0.3) is 0 Å². The van der Waals surface area contributed by atoms with Crippen molar-refractivity contribution >= 4 is 40.5 Å². The second-order valence-electron chi connectivity index (χ2n) is 6.23. The minimum atomic E-state index is 0.356. The summed E-state index contributed by atoms with van der Waals surface area (Å²) in [6.07, 6.45) is 0. The predicted octanol–water partition coefficient (Wildman–Crippen LogP) is 6.86. The third-order valence-corrected chi connectivity index (χ3v) is 5.06. The highest BCUT2D eigenvalue weighted by atomic mass is 35.5. The maximum Gasteiger partial charge on any atom is 0.180 e. The number of anilines is 1. The lowest BCUT2D eigenvalue weighted by atomic mass is 10.2. The molecule has 0 unspecified atom stereocenters. The Labute approximate surface area is 185 Å². The summed E-state index contributed by atoms with van der Waals surface area (Å²) in [6.45, 7) is 0.894. The van der Waals surface area contributed by atoms with E-state index in [1.54, 1.807) is 14.2 Å². The zero-order valence-corrected chi connectivity index (χ0v) is 18.2. The molecule has 0 atom stereocenters. The zero-order valence-electron chi connectivity index (χ0n) is 16.0. The van der Waals surface area contributed by atoms with Gasteiger partial charge in [0.1, 0.15) is 12.4 Å². The van der Waals surface area contributed by atoms with E-state index in [2.05, 4.69) is 5.32 Å². The highest BCUT2D eigenvalue weighted by molar-refractivity contribution is 6.32. The molecule has 152 valence electrons. The van der Waals surface area contributed by atoms with Gasteiger partial charge in [0.15, 0.2) is 11.5 Å². The third-order valence-electron chi connectivity index (χ3n) is 4.23. The van der Waals surface area contributed by atoms with Gasteiger partial charge in [-0.3, -0.25) is 0 Å². The number of methoxy groups -OCH3 is 2. The Hall–Kier alpha value is -2.27. The summed E-state index contributed by atoms with van der Waals surface area (Å²) in [6, 6.07) is 16.7. The first-order chi connectivity index (χ1) is 14.0. The average molecular weight is 453 g/mol. The second-order valence-corrected chi connectivity index (χ2v) is 7.48. The van der Waals surface area contributed by atoms with E-state index >= 15 is 0 Å². The minimum Gasteiger partial charge on any atom is -0.495 e. The van der Waals surface area contributed by atoms with Crippen LogP contribution in [0.3, 0.4) is 0 Å². The maximum atomic E-state index is 6.46. The van der Waals surface area contributed by atoms with Gasteiger partial charge in [-0.25, -0.2) is 0 Å². The Morgan fingerprint density at radius 2 is 1.48 bits per heavy atom. The molecule has 0 aliphatic rings. The number of halogens is 3. The number of ether oxygens (including phenoxy) is 3. The molecule has 0 heterocycles. The Morgan fingerprint density at radius 1 is 0.759 bits per heavy atom. The molecule has 0 aliphatic heterocycles. The molecule has 1 N–H and O–H groups in total. The van der Waals surface area contributed by atoms with E-state index in [-0.39, 0.29) is 0 Å². The van der Waals surface area contributed by atoms with E-state index < -0.39 is 0 Å². The molecule has 4 nitrogen and oxygen atoms in total. The normalized spacial score (nSPS) is 10.5. The quantitative estimate of drug-likeness (QED) is 0.405. The first kappa shape index (κ1) is 21.4. The third kappa shape index (κ3) is 5.63. The molecule has 0 aliphatic carbocycles. The number of nitrogens with one attached hydrogen (secondary N) is 1. The van der Waals surface area contributed by atoms with Crippen LogP contribution in [0, 0.1) is 0 Å². The van der Waals surface area contributed by atoms with Crippen LogP contribution in [0.5, 0.6) is 17.2 Å². The fourth-order valence-corrected chi connectivity index (χ4v) is 3.40. The monoisotopic (exact) mass is 451 g/mol. The highest BCUT2D eigenvalue weighted by Crippen LogP contribution is 2.37. The van der Waals surface area contributed by atoms with Crippen LogP contribution in [0.2, 0.25) is 15.1 Å². The van der Waals surface area contributed by atoms with Gasteiger partial charge in [0, 0.05) is 17.3 Å². The molecule has 0 saturated carbocycles. The smallest absolute Gasteiger partial charge is 0.180 e. The minimum absolute atomic E-state index is 0.356. The summed E-state index contributed by atoms with van der Waals surface area (Å²) < 4.78 is 16.5. The Bertz CT molecular complexity index is 978. The van der Waals surface area contributed by atoms with E-state index in [4.69, 9.17) is 49.0 Å². The number of hydrogen-bond donors (Lipinski definition) is 1. The molecule has 0 amide bonds. The molecule has 0 saturated heterocycles. The second kappa shape index (κ2) is 9.97. The van der Waals surface area contributed by atoms with Crippen molar-refractivity contribution in [2.75, 3.05) is 19.5 Å². The van der Waals surface area contributed by atoms with Gasteiger partial charge in [-0.05, 0) is 53.6 Å². The number of benzene rings is 3. The van der Waals surface area contributed by atoms with Crippen molar-refractivity contribution in [3.05, 3.63) is 80.8 Å². The van der Waals surface area contributed by atoms with Gasteiger partial charge in [-0.2, -0.15) is 0 Å². The van der Waals surface area contributed by atoms with Gasteiger partial charge in [0.2, 0.25) is 0 Å². The summed E-state index contributed by atoms with van der Waals surface area (Å²) in [5.41, 5.74) is 2.79. The molecule has 29 heavy (non-hydrogen) atoms. The fraction of sp³-hybridized carbons (Fsp3) is 0.182. The summed E-state index contributed by atoms with van der Waals surface area (Å²) in [5.74, 6) is 1.69. The number of rotatable bonds is 8. The lowest BCUT2D eigenvalue weighted by Crippen LogP contribution is -2.03. The van der Waals surface area contributed by atoms with Crippen molar-refractivity contribution in [1.29, 1.82) is 0 Å². The van der Waals surface area contributed by atoms with E-state index in [0.717, 1.165) is 16.8 Å². The van der Waals surface area contributed by atoms with Crippen molar-refractivity contribution in [3.8, 4) is 17.2 Å². The summed E-state index contributed by atoms with van der Waals surface area (Å²) >= 11 is 18.5. The molecule has 7 heteroatoms. The van der Waals surface area contributed by atoms with Crippen LogP contribution in [-0.2, 0) is 13.2 Å². The molecule has 0 bridgehead atoms. The zero-order chi connectivity index (χ0) is 20.8. The van der Waals surface area contributed by atoms with Gasteiger partial charge in [-0.15, -0.1) is 0 Å². The largest absolute Gasteiger partial charge is 0.495 e. The van der Waals surface area contributed by atoms with Gasteiger partial charge < -0.3 is 19.5 Å². The van der Waals surface area contributed by atoms with Crippen molar-refractivity contribution < 1.29 is 14.2 Å². The summed E-state index contributed by atoms with van der Waals surface area (Å²) in [5, 5.41) is 5.00. The predicted molar refractivity (Wildman–Crippen MR) is 119 cm³/mol. The molecule has 0 radical (unpaired) electrons. The first-order valence-electron chi connectivity index (χ1n) is 8.81. The van der Waals surface area contributed by atoms with E-state index in [9.17, 15) is 0 Å². The Kier molecular flexibility index (Phi) is 7.37. The van der Waals surface area contributed by atoms with Crippen LogP contribution in [0.15, 0.2) is 54.6 Å². The Morgan fingerprint density at radius 3 is 2.14 bits per heavy atom. The molecule has 0 spiro atoms. The van der Waals surface area contributed by atoms with Gasteiger partial charge in [-0.1, -0.05) is 46.9 Å². The molecule has 0 aromatic heterocycles. The van der Waals surface area contributed by atoms with Crippen LogP contribution in [-0.4, -0.2) is 14.2 Å². The van der Waals surface area contributed by atoms with Crippen LogP contribution >= 0.6 is 34.8 Å². The van der Waals surface area contributed by atoms with E-state index in [1.807, 2.05) is 54.6 Å². The maximum absolute atomic E-state index is 6.46. The molecule has 3 aromatic carbocycles. The lowest BCUT2D eigenvalue weighted by Gasteiger charge is -2.15. The van der Waals surface area contributed by atoms with Crippen LogP contribution in [0.25, 0.3) is 0 Å². The van der Waals surface area contributed by atoms with Crippen LogP contribution in [0.4, 0.5) is 5.69 Å². The van der Waals surface area contributed by atoms with Gasteiger partial charge >= 0.3 is 0 Å². The van der Waals surface area contributed by atoms with E-state index in [0.29, 0.717) is 45.5 Å². The molecule has 0 fully saturated rings. The van der Waals surface area contributed by atoms with Crippen molar-refractivity contribution in [2.24, 2.45) is 0 Å². The molecular formula is C22H20Cl3NO3. The van der Waals surface area contributed by atoms with Crippen molar-refractivity contribution in [3.63, 3.8) is 0 Å². The SMILES string of the molecule is COc1ccc(NCc2cc(Cl)c(OCc3ccc(Cl)cc3)c(OC)c2)cc1Cl. The average Bonchev–Trinajstić information content (AvgIpc) is 2.72. The highest BCUT2D eigenvalue weighted by Gasteiger charge is 2.13. The van der Waals surface area contributed by atoms with Crippen LogP contribution in [0.1, 0.15) is 11.1 Å². The molecule has 3 aromatic rings. The van der Waals surface area contributed by atoms with Crippen molar-refractivity contribution in [2.45, 2.75) is 13.2 Å². The van der Waals surface area contributed by atoms with Crippen molar-refractivity contribution in [1.82, 2.24) is 0 Å². The fourth-order valence-electron chi connectivity index (χ4n) is 2.73. The lowest BCUT2D eigenvalue weighted by molar-refractivity contribution is 0.284. The topological polar surface area (TPSA) is 39.7 Å². The number of hydrogen-bond acceptors (Lipinski definition) is 4. The summed E-state index contributed by atoms with van der Waals surface area (Å²) in [7, 11) is 3.17. The first-order valence-corrected chi connectivity index (χ1v) is 9.94. The summed E-state index contributed by atoms with van der Waals surface area (Å²) in [4.78, 5) is 0. The van der Waals surface area contributed by atoms with E-state index in [1.165, 1.54) is 0 Å². The molecular weight excluding hydrogens is 433 g/mol.